The van der Waals surface area contributed by atoms with Gasteiger partial charge in [0.2, 0.25) is 0 Å². The summed E-state index contributed by atoms with van der Waals surface area (Å²) in [5, 5.41) is 3.32. The van der Waals surface area contributed by atoms with Crippen LogP contribution in [-0.4, -0.2) is 36.8 Å². The molecule has 0 bridgehead atoms. The van der Waals surface area contributed by atoms with E-state index in [1.165, 1.54) is 0 Å². The van der Waals surface area contributed by atoms with Gasteiger partial charge in [0.1, 0.15) is 5.82 Å². The summed E-state index contributed by atoms with van der Waals surface area (Å²) >= 11 is 0. The average Bonchev–Trinajstić information content (AvgIpc) is 2.45. The van der Waals surface area contributed by atoms with Crippen molar-refractivity contribution in [2.24, 2.45) is 0 Å². The number of morpholine rings is 1. The van der Waals surface area contributed by atoms with Crippen LogP contribution in [0.4, 0.5) is 5.82 Å². The number of aromatic nitrogens is 1. The van der Waals surface area contributed by atoms with Crippen molar-refractivity contribution in [3.63, 3.8) is 0 Å². The first-order chi connectivity index (χ1) is 9.24. The maximum absolute atomic E-state index is 5.75. The molecule has 2 heterocycles. The molecule has 1 aliphatic heterocycles. The second kappa shape index (κ2) is 6.87. The molecule has 4 nitrogen and oxygen atoms in total. The minimum absolute atomic E-state index is 0.280. The largest absolute Gasteiger partial charge is 0.375 e. The Morgan fingerprint density at radius 3 is 3.00 bits per heavy atom. The molecule has 1 N–H and O–H groups in total. The molecular weight excluding hydrogens is 238 g/mol. The van der Waals surface area contributed by atoms with Gasteiger partial charge in [-0.2, -0.15) is 0 Å². The smallest absolute Gasteiger partial charge is 0.129 e. The zero-order chi connectivity index (χ0) is 13.7. The van der Waals surface area contributed by atoms with Gasteiger partial charge in [-0.15, -0.1) is 0 Å². The third kappa shape index (κ3) is 3.67. The standard InChI is InChI=1S/C15H25N3O/c1-4-14-11-19-12(3)10-18(14)15-8-6-7-13(17-15)9-16-5-2/h6-8,12,14,16H,4-5,9-11H2,1-3H3. The topological polar surface area (TPSA) is 37.4 Å². The first-order valence-electron chi connectivity index (χ1n) is 7.29. The van der Waals surface area contributed by atoms with E-state index in [9.17, 15) is 0 Å². The van der Waals surface area contributed by atoms with Gasteiger partial charge in [0.25, 0.3) is 0 Å². The van der Waals surface area contributed by atoms with Crippen LogP contribution in [0.1, 0.15) is 32.9 Å². The molecule has 0 saturated carbocycles. The Morgan fingerprint density at radius 1 is 1.42 bits per heavy atom. The molecular formula is C15H25N3O. The minimum Gasteiger partial charge on any atom is -0.375 e. The predicted molar refractivity (Wildman–Crippen MR) is 78.5 cm³/mol. The van der Waals surface area contributed by atoms with E-state index in [-0.39, 0.29) is 6.10 Å². The van der Waals surface area contributed by atoms with E-state index < -0.39 is 0 Å². The normalized spacial score (nSPS) is 23.6. The summed E-state index contributed by atoms with van der Waals surface area (Å²) in [5.74, 6) is 1.08. The van der Waals surface area contributed by atoms with Crippen LogP contribution in [0.5, 0.6) is 0 Å². The number of nitrogens with zero attached hydrogens (tertiary/aromatic N) is 2. The first kappa shape index (κ1) is 14.3. The van der Waals surface area contributed by atoms with Crippen molar-refractivity contribution in [3.8, 4) is 0 Å². The second-order valence-corrected chi connectivity index (χ2v) is 5.13. The van der Waals surface area contributed by atoms with Gasteiger partial charge in [-0.3, -0.25) is 0 Å². The van der Waals surface area contributed by atoms with E-state index in [2.05, 4.69) is 49.2 Å². The Kier molecular flexibility index (Phi) is 5.16. The lowest BCUT2D eigenvalue weighted by molar-refractivity contribution is 0.0296. The summed E-state index contributed by atoms with van der Waals surface area (Å²) in [5.41, 5.74) is 1.10. The lowest BCUT2D eigenvalue weighted by Gasteiger charge is -2.39. The van der Waals surface area contributed by atoms with Crippen molar-refractivity contribution in [3.05, 3.63) is 23.9 Å². The number of hydrogen-bond donors (Lipinski definition) is 1. The molecule has 0 spiro atoms. The summed E-state index contributed by atoms with van der Waals surface area (Å²) < 4.78 is 5.75. The molecule has 2 rings (SSSR count). The van der Waals surface area contributed by atoms with Gasteiger partial charge in [0.15, 0.2) is 0 Å². The number of rotatable bonds is 5. The fourth-order valence-electron chi connectivity index (χ4n) is 2.44. The van der Waals surface area contributed by atoms with Gasteiger partial charge in [-0.25, -0.2) is 4.98 Å². The summed E-state index contributed by atoms with van der Waals surface area (Å²) in [4.78, 5) is 7.17. The number of pyridine rings is 1. The highest BCUT2D eigenvalue weighted by Gasteiger charge is 2.26. The molecule has 2 atom stereocenters. The van der Waals surface area contributed by atoms with E-state index >= 15 is 0 Å². The minimum atomic E-state index is 0.280. The zero-order valence-electron chi connectivity index (χ0n) is 12.2. The van der Waals surface area contributed by atoms with Crippen LogP contribution in [0.25, 0.3) is 0 Å². The molecule has 19 heavy (non-hydrogen) atoms. The van der Waals surface area contributed by atoms with Crippen molar-refractivity contribution in [1.82, 2.24) is 10.3 Å². The summed E-state index contributed by atoms with van der Waals surface area (Å²) in [7, 11) is 0. The first-order valence-corrected chi connectivity index (χ1v) is 7.29. The molecule has 0 radical (unpaired) electrons. The second-order valence-electron chi connectivity index (χ2n) is 5.13. The fourth-order valence-corrected chi connectivity index (χ4v) is 2.44. The third-order valence-corrected chi connectivity index (χ3v) is 3.58. The lowest BCUT2D eigenvalue weighted by atomic mass is 10.1. The summed E-state index contributed by atoms with van der Waals surface area (Å²) in [6.45, 7) is 9.98. The van der Waals surface area contributed by atoms with E-state index in [4.69, 9.17) is 9.72 Å². The van der Waals surface area contributed by atoms with Crippen molar-refractivity contribution < 1.29 is 4.74 Å². The van der Waals surface area contributed by atoms with Gasteiger partial charge < -0.3 is 15.0 Å². The van der Waals surface area contributed by atoms with Crippen LogP contribution in [0.2, 0.25) is 0 Å². The quantitative estimate of drug-likeness (QED) is 0.883. The molecule has 1 aliphatic rings. The molecule has 0 aliphatic carbocycles. The molecule has 2 unspecified atom stereocenters. The summed E-state index contributed by atoms with van der Waals surface area (Å²) in [6.07, 6.45) is 1.37. The Labute approximate surface area is 116 Å². The Bertz CT molecular complexity index is 397. The molecule has 1 saturated heterocycles. The highest BCUT2D eigenvalue weighted by molar-refractivity contribution is 5.41. The highest BCUT2D eigenvalue weighted by Crippen LogP contribution is 2.21. The SMILES string of the molecule is CCNCc1cccc(N2CC(C)OCC2CC)n1. The van der Waals surface area contributed by atoms with Gasteiger partial charge in [-0.1, -0.05) is 19.9 Å². The lowest BCUT2D eigenvalue weighted by Crippen LogP contribution is -2.49. The molecule has 0 amide bonds. The number of ether oxygens (including phenoxy) is 1. The average molecular weight is 263 g/mol. The fraction of sp³-hybridized carbons (Fsp3) is 0.667. The number of nitrogens with one attached hydrogen (secondary N) is 1. The van der Waals surface area contributed by atoms with Crippen LogP contribution in [0.15, 0.2) is 18.2 Å². The van der Waals surface area contributed by atoms with Crippen molar-refractivity contribution >= 4 is 5.82 Å². The highest BCUT2D eigenvalue weighted by atomic mass is 16.5. The van der Waals surface area contributed by atoms with E-state index in [1.807, 2.05) is 0 Å². The van der Waals surface area contributed by atoms with Crippen molar-refractivity contribution in [1.29, 1.82) is 0 Å². The van der Waals surface area contributed by atoms with Crippen LogP contribution in [-0.2, 0) is 11.3 Å². The third-order valence-electron chi connectivity index (χ3n) is 3.58. The number of anilines is 1. The van der Waals surface area contributed by atoms with Gasteiger partial charge >= 0.3 is 0 Å². The monoisotopic (exact) mass is 263 g/mol. The zero-order valence-corrected chi connectivity index (χ0v) is 12.2. The van der Waals surface area contributed by atoms with Crippen molar-refractivity contribution in [2.45, 2.75) is 45.9 Å². The Hall–Kier alpha value is -1.13. The van der Waals surface area contributed by atoms with Gasteiger partial charge in [-0.05, 0) is 32.0 Å². The predicted octanol–water partition coefficient (Wildman–Crippen LogP) is 2.19. The van der Waals surface area contributed by atoms with Crippen LogP contribution >= 0.6 is 0 Å². The molecule has 1 aromatic heterocycles. The van der Waals surface area contributed by atoms with Gasteiger partial charge in [0, 0.05) is 13.1 Å². The maximum atomic E-state index is 5.75. The van der Waals surface area contributed by atoms with E-state index in [0.29, 0.717) is 6.04 Å². The molecule has 4 heteroatoms. The molecule has 0 aromatic carbocycles. The Balaban J connectivity index is 2.13. The maximum Gasteiger partial charge on any atom is 0.129 e. The van der Waals surface area contributed by atoms with Crippen molar-refractivity contribution in [2.75, 3.05) is 24.6 Å². The number of hydrogen-bond acceptors (Lipinski definition) is 4. The molecule has 106 valence electrons. The van der Waals surface area contributed by atoms with E-state index in [1.54, 1.807) is 0 Å². The van der Waals surface area contributed by atoms with Crippen LogP contribution in [0.3, 0.4) is 0 Å². The molecule has 1 fully saturated rings. The Morgan fingerprint density at radius 2 is 2.26 bits per heavy atom. The van der Waals surface area contributed by atoms with E-state index in [0.717, 1.165) is 44.2 Å². The van der Waals surface area contributed by atoms with Crippen LogP contribution in [0, 0.1) is 0 Å². The van der Waals surface area contributed by atoms with Crippen LogP contribution < -0.4 is 10.2 Å². The van der Waals surface area contributed by atoms with Gasteiger partial charge in [0.05, 0.1) is 24.4 Å². The molecule has 1 aromatic rings. The summed E-state index contributed by atoms with van der Waals surface area (Å²) in [6, 6.07) is 6.73.